The molecule has 0 radical (unpaired) electrons. The summed E-state index contributed by atoms with van der Waals surface area (Å²) in [6.45, 7) is 0.888. The van der Waals surface area contributed by atoms with Crippen LogP contribution < -0.4 is 15.4 Å². The molecule has 0 aliphatic rings. The van der Waals surface area contributed by atoms with E-state index in [4.69, 9.17) is 9.47 Å². The van der Waals surface area contributed by atoms with E-state index in [0.717, 1.165) is 11.4 Å². The van der Waals surface area contributed by atoms with Crippen LogP contribution in [0.2, 0.25) is 0 Å². The highest BCUT2D eigenvalue weighted by molar-refractivity contribution is 5.92. The van der Waals surface area contributed by atoms with E-state index < -0.39 is 0 Å². The molecule has 1 aromatic heterocycles. The van der Waals surface area contributed by atoms with Crippen LogP contribution in [-0.4, -0.2) is 43.2 Å². The molecule has 0 bridgehead atoms. The molecule has 0 spiro atoms. The Balaban J connectivity index is 1.94. The molecular weight excluding hydrogens is 284 g/mol. The van der Waals surface area contributed by atoms with Crippen LogP contribution in [0.1, 0.15) is 10.5 Å². The number of nitrogens with one attached hydrogen (secondary N) is 2. The number of methoxy groups -OCH3 is 2. The second kappa shape index (κ2) is 7.94. The van der Waals surface area contributed by atoms with Crippen molar-refractivity contribution in [1.29, 1.82) is 0 Å². The maximum atomic E-state index is 11.8. The summed E-state index contributed by atoms with van der Waals surface area (Å²) in [7, 11) is 3.19. The minimum absolute atomic E-state index is 0.261. The number of amides is 1. The lowest BCUT2D eigenvalue weighted by Crippen LogP contribution is -2.27. The van der Waals surface area contributed by atoms with E-state index in [0.29, 0.717) is 19.0 Å². The second-order valence-corrected chi connectivity index (χ2v) is 4.39. The van der Waals surface area contributed by atoms with Crippen molar-refractivity contribution >= 4 is 17.4 Å². The van der Waals surface area contributed by atoms with Crippen LogP contribution in [0.5, 0.6) is 5.75 Å². The molecule has 22 heavy (non-hydrogen) atoms. The topological polar surface area (TPSA) is 85.4 Å². The number of ether oxygens (including phenoxy) is 2. The quantitative estimate of drug-likeness (QED) is 0.756. The van der Waals surface area contributed by atoms with Gasteiger partial charge in [0.15, 0.2) is 0 Å². The number of aromatic nitrogens is 2. The number of hydrogen-bond donors (Lipinski definition) is 2. The normalized spacial score (nSPS) is 10.1. The van der Waals surface area contributed by atoms with E-state index in [1.54, 1.807) is 14.2 Å². The van der Waals surface area contributed by atoms with Crippen molar-refractivity contribution in [3.8, 4) is 5.75 Å². The summed E-state index contributed by atoms with van der Waals surface area (Å²) in [5.74, 6) is 1.05. The Morgan fingerprint density at radius 1 is 1.14 bits per heavy atom. The lowest BCUT2D eigenvalue weighted by atomic mass is 10.3. The van der Waals surface area contributed by atoms with Crippen LogP contribution in [0.4, 0.5) is 11.5 Å². The summed E-state index contributed by atoms with van der Waals surface area (Å²) in [4.78, 5) is 20.0. The minimum Gasteiger partial charge on any atom is -0.497 e. The fourth-order valence-electron chi connectivity index (χ4n) is 1.69. The molecular formula is C15H18N4O3. The molecule has 0 fully saturated rings. The minimum atomic E-state index is -0.277. The van der Waals surface area contributed by atoms with E-state index >= 15 is 0 Å². The average molecular weight is 302 g/mol. The maximum Gasteiger partial charge on any atom is 0.271 e. The summed E-state index contributed by atoms with van der Waals surface area (Å²) in [5.41, 5.74) is 1.11. The number of carbonyl (C=O) groups excluding carboxylic acids is 1. The van der Waals surface area contributed by atoms with Gasteiger partial charge in [0.05, 0.1) is 26.1 Å². The van der Waals surface area contributed by atoms with Gasteiger partial charge in [0.25, 0.3) is 5.91 Å². The Bertz CT molecular complexity index is 599. The smallest absolute Gasteiger partial charge is 0.271 e. The predicted molar refractivity (Wildman–Crippen MR) is 82.5 cm³/mol. The van der Waals surface area contributed by atoms with Gasteiger partial charge in [0, 0.05) is 19.3 Å². The number of hydrogen-bond acceptors (Lipinski definition) is 6. The largest absolute Gasteiger partial charge is 0.497 e. The second-order valence-electron chi connectivity index (χ2n) is 4.39. The third kappa shape index (κ3) is 4.42. The third-order valence-electron chi connectivity index (χ3n) is 2.84. The molecule has 1 aromatic carbocycles. The predicted octanol–water partition coefficient (Wildman–Crippen LogP) is 1.60. The summed E-state index contributed by atoms with van der Waals surface area (Å²) < 4.78 is 9.95. The van der Waals surface area contributed by atoms with Gasteiger partial charge in [-0.05, 0) is 24.3 Å². The Morgan fingerprint density at radius 2 is 1.91 bits per heavy atom. The average Bonchev–Trinajstić information content (AvgIpc) is 2.56. The van der Waals surface area contributed by atoms with Gasteiger partial charge in [-0.3, -0.25) is 4.79 Å². The molecule has 0 saturated heterocycles. The molecule has 0 atom stereocenters. The zero-order chi connectivity index (χ0) is 15.8. The zero-order valence-electron chi connectivity index (χ0n) is 12.5. The van der Waals surface area contributed by atoms with E-state index in [-0.39, 0.29) is 11.6 Å². The highest BCUT2D eigenvalue weighted by atomic mass is 16.5. The van der Waals surface area contributed by atoms with Crippen molar-refractivity contribution in [3.05, 3.63) is 42.4 Å². The SMILES string of the molecule is COCCNC(=O)c1cnc(Nc2ccc(OC)cc2)cn1. The standard InChI is InChI=1S/C15H18N4O3/c1-21-8-7-16-15(20)13-9-18-14(10-17-13)19-11-3-5-12(22-2)6-4-11/h3-6,9-10H,7-8H2,1-2H3,(H,16,20)(H,18,19). The summed E-state index contributed by atoms with van der Waals surface area (Å²) in [5, 5.41) is 5.77. The van der Waals surface area contributed by atoms with Gasteiger partial charge in [-0.2, -0.15) is 0 Å². The maximum absolute atomic E-state index is 11.8. The molecule has 2 aromatic rings. The molecule has 1 amide bonds. The lowest BCUT2D eigenvalue weighted by Gasteiger charge is -2.07. The van der Waals surface area contributed by atoms with Crippen LogP contribution in [-0.2, 0) is 4.74 Å². The lowest BCUT2D eigenvalue weighted by molar-refractivity contribution is 0.0932. The number of rotatable bonds is 7. The fourth-order valence-corrected chi connectivity index (χ4v) is 1.69. The van der Waals surface area contributed by atoms with E-state index in [2.05, 4.69) is 20.6 Å². The van der Waals surface area contributed by atoms with Crippen molar-refractivity contribution in [1.82, 2.24) is 15.3 Å². The van der Waals surface area contributed by atoms with Gasteiger partial charge in [-0.1, -0.05) is 0 Å². The molecule has 116 valence electrons. The molecule has 7 nitrogen and oxygen atoms in total. The first kappa shape index (κ1) is 15.7. The zero-order valence-corrected chi connectivity index (χ0v) is 12.5. The van der Waals surface area contributed by atoms with Crippen molar-refractivity contribution in [2.45, 2.75) is 0 Å². The Labute approximate surface area is 128 Å². The fraction of sp³-hybridized carbons (Fsp3) is 0.267. The van der Waals surface area contributed by atoms with Crippen molar-refractivity contribution in [2.75, 3.05) is 32.7 Å². The van der Waals surface area contributed by atoms with E-state index in [9.17, 15) is 4.79 Å². The van der Waals surface area contributed by atoms with Crippen molar-refractivity contribution < 1.29 is 14.3 Å². The van der Waals surface area contributed by atoms with Crippen LogP contribution in [0.15, 0.2) is 36.7 Å². The van der Waals surface area contributed by atoms with Gasteiger partial charge in [0.2, 0.25) is 0 Å². The highest BCUT2D eigenvalue weighted by Crippen LogP contribution is 2.18. The molecule has 0 aliphatic heterocycles. The van der Waals surface area contributed by atoms with Crippen molar-refractivity contribution in [3.63, 3.8) is 0 Å². The van der Waals surface area contributed by atoms with Crippen molar-refractivity contribution in [2.24, 2.45) is 0 Å². The first-order valence-corrected chi connectivity index (χ1v) is 6.73. The van der Waals surface area contributed by atoms with Crippen LogP contribution in [0.25, 0.3) is 0 Å². The number of nitrogens with zero attached hydrogens (tertiary/aromatic N) is 2. The number of carbonyl (C=O) groups is 1. The van der Waals surface area contributed by atoms with Crippen LogP contribution in [0, 0.1) is 0 Å². The highest BCUT2D eigenvalue weighted by Gasteiger charge is 2.07. The summed E-state index contributed by atoms with van der Waals surface area (Å²) in [6.07, 6.45) is 2.93. The van der Waals surface area contributed by atoms with Gasteiger partial charge in [0.1, 0.15) is 17.3 Å². The number of anilines is 2. The third-order valence-corrected chi connectivity index (χ3v) is 2.84. The Morgan fingerprint density at radius 3 is 2.50 bits per heavy atom. The molecule has 1 heterocycles. The van der Waals surface area contributed by atoms with Gasteiger partial charge in [-0.25, -0.2) is 9.97 Å². The molecule has 2 N–H and O–H groups in total. The van der Waals surface area contributed by atoms with Gasteiger partial charge in [-0.15, -0.1) is 0 Å². The van der Waals surface area contributed by atoms with E-state index in [1.165, 1.54) is 12.4 Å². The molecule has 7 heteroatoms. The van der Waals surface area contributed by atoms with Gasteiger partial charge >= 0.3 is 0 Å². The van der Waals surface area contributed by atoms with E-state index in [1.807, 2.05) is 24.3 Å². The molecule has 0 unspecified atom stereocenters. The Kier molecular flexibility index (Phi) is 5.67. The molecule has 0 aliphatic carbocycles. The molecule has 0 saturated carbocycles. The first-order chi connectivity index (χ1) is 10.7. The van der Waals surface area contributed by atoms with Gasteiger partial charge < -0.3 is 20.1 Å². The van der Waals surface area contributed by atoms with Crippen LogP contribution >= 0.6 is 0 Å². The molecule has 2 rings (SSSR count). The summed E-state index contributed by atoms with van der Waals surface area (Å²) >= 11 is 0. The monoisotopic (exact) mass is 302 g/mol. The van der Waals surface area contributed by atoms with Crippen LogP contribution in [0.3, 0.4) is 0 Å². The first-order valence-electron chi connectivity index (χ1n) is 6.73. The number of benzene rings is 1. The summed E-state index contributed by atoms with van der Waals surface area (Å²) in [6, 6.07) is 7.42. The Hall–Kier alpha value is -2.67.